The average Bonchev–Trinajstić information content (AvgIpc) is 2.34. The van der Waals surface area contributed by atoms with Gasteiger partial charge in [-0.1, -0.05) is 46.0 Å². The molecule has 0 radical (unpaired) electrons. The molecule has 21 heavy (non-hydrogen) atoms. The van der Waals surface area contributed by atoms with Crippen LogP contribution in [0.15, 0.2) is 0 Å². The minimum atomic E-state index is -0.934. The maximum atomic E-state index is 10.1. The van der Waals surface area contributed by atoms with Crippen molar-refractivity contribution in [1.29, 1.82) is 0 Å². The molecule has 0 bridgehead atoms. The number of unbranched alkanes of at least 4 members (excludes halogenated alkanes) is 3. The van der Waals surface area contributed by atoms with Gasteiger partial charge in [0.2, 0.25) is 0 Å². The number of aliphatic carboxylic acids is 2. The van der Waals surface area contributed by atoms with Crippen molar-refractivity contribution >= 4 is 11.9 Å². The molecule has 0 spiro atoms. The topological polar surface area (TPSA) is 115 Å². The molecule has 6 heteroatoms. The molecule has 0 aromatic rings. The summed E-state index contributed by atoms with van der Waals surface area (Å²) in [6.45, 7) is 4.03. The highest BCUT2D eigenvalue weighted by Gasteiger charge is 2.08. The molecule has 2 unspecified atom stereocenters. The summed E-state index contributed by atoms with van der Waals surface area (Å²) >= 11 is 0. The van der Waals surface area contributed by atoms with Gasteiger partial charge in [0.25, 0.3) is 0 Å². The van der Waals surface area contributed by atoms with Gasteiger partial charge in [-0.3, -0.25) is 9.59 Å². The monoisotopic (exact) mass is 306 g/mol. The quantitative estimate of drug-likeness (QED) is 0.436. The van der Waals surface area contributed by atoms with Crippen LogP contribution in [0.4, 0.5) is 0 Å². The Labute approximate surface area is 126 Å². The Morgan fingerprint density at radius 1 is 0.762 bits per heavy atom. The third-order valence-corrected chi connectivity index (χ3v) is 2.83. The number of hydrogen-bond acceptors (Lipinski definition) is 4. The molecule has 0 saturated carbocycles. The fourth-order valence-corrected chi connectivity index (χ4v) is 1.75. The molecule has 0 rings (SSSR count). The molecule has 0 aliphatic heterocycles. The molecule has 0 aliphatic rings. The second kappa shape index (κ2) is 15.3. The van der Waals surface area contributed by atoms with E-state index in [1.54, 1.807) is 0 Å². The highest BCUT2D eigenvalue weighted by Crippen LogP contribution is 2.07. The first-order valence-corrected chi connectivity index (χ1v) is 7.63. The zero-order chi connectivity index (χ0) is 16.7. The lowest BCUT2D eigenvalue weighted by Gasteiger charge is -2.06. The average molecular weight is 306 g/mol. The Kier molecular flexibility index (Phi) is 16.1. The highest BCUT2D eigenvalue weighted by molar-refractivity contribution is 5.67. The Morgan fingerprint density at radius 2 is 1.24 bits per heavy atom. The van der Waals surface area contributed by atoms with E-state index in [4.69, 9.17) is 20.4 Å². The van der Waals surface area contributed by atoms with Crippen molar-refractivity contribution in [2.75, 3.05) is 0 Å². The zero-order valence-corrected chi connectivity index (χ0v) is 13.1. The van der Waals surface area contributed by atoms with Crippen molar-refractivity contribution in [2.24, 2.45) is 0 Å². The van der Waals surface area contributed by atoms with Gasteiger partial charge >= 0.3 is 11.9 Å². The van der Waals surface area contributed by atoms with Crippen LogP contribution >= 0.6 is 0 Å². The van der Waals surface area contributed by atoms with E-state index in [-0.39, 0.29) is 12.8 Å². The van der Waals surface area contributed by atoms with E-state index in [1.165, 1.54) is 6.42 Å². The molecule has 0 fully saturated rings. The number of carbonyl (C=O) groups is 2. The Morgan fingerprint density at radius 3 is 1.62 bits per heavy atom. The van der Waals surface area contributed by atoms with Crippen LogP contribution in [0.5, 0.6) is 0 Å². The van der Waals surface area contributed by atoms with Crippen LogP contribution in [0.25, 0.3) is 0 Å². The fourth-order valence-electron chi connectivity index (χ4n) is 1.75. The van der Waals surface area contributed by atoms with E-state index < -0.39 is 24.1 Å². The molecule has 0 amide bonds. The number of carboxylic acid groups (broad SMARTS) is 2. The molecule has 0 aromatic heterocycles. The summed E-state index contributed by atoms with van der Waals surface area (Å²) in [5, 5.41) is 34.5. The molecule has 2 atom stereocenters. The summed E-state index contributed by atoms with van der Waals surface area (Å²) in [6, 6.07) is 0. The van der Waals surface area contributed by atoms with E-state index >= 15 is 0 Å². The minimum absolute atomic E-state index is 0.119. The van der Waals surface area contributed by atoms with Crippen molar-refractivity contribution in [2.45, 2.75) is 83.8 Å². The van der Waals surface area contributed by atoms with Crippen LogP contribution in [0.1, 0.15) is 71.6 Å². The zero-order valence-electron chi connectivity index (χ0n) is 13.1. The number of rotatable bonds is 11. The van der Waals surface area contributed by atoms with Crippen LogP contribution in [-0.4, -0.2) is 44.6 Å². The summed E-state index contributed by atoms with van der Waals surface area (Å²) in [4.78, 5) is 20.1. The lowest BCUT2D eigenvalue weighted by molar-refractivity contribution is -0.140. The summed E-state index contributed by atoms with van der Waals surface area (Å²) in [6.07, 6.45) is 4.81. The van der Waals surface area contributed by atoms with E-state index in [0.717, 1.165) is 25.7 Å². The lowest BCUT2D eigenvalue weighted by atomic mass is 10.1. The van der Waals surface area contributed by atoms with Crippen molar-refractivity contribution in [3.8, 4) is 0 Å². The SMILES string of the molecule is CCCC(O)CC(=O)O.CCCCCCC(O)CC(=O)O. The van der Waals surface area contributed by atoms with Crippen LogP contribution in [0, 0.1) is 0 Å². The van der Waals surface area contributed by atoms with Gasteiger partial charge in [-0.15, -0.1) is 0 Å². The van der Waals surface area contributed by atoms with Gasteiger partial charge in [-0.2, -0.15) is 0 Å². The first kappa shape index (κ1) is 22.1. The predicted molar refractivity (Wildman–Crippen MR) is 80.2 cm³/mol. The third-order valence-electron chi connectivity index (χ3n) is 2.83. The van der Waals surface area contributed by atoms with Crippen molar-refractivity contribution < 1.29 is 30.0 Å². The Hall–Kier alpha value is -1.14. The van der Waals surface area contributed by atoms with Crippen molar-refractivity contribution in [3.63, 3.8) is 0 Å². The van der Waals surface area contributed by atoms with Crippen LogP contribution in [0.3, 0.4) is 0 Å². The highest BCUT2D eigenvalue weighted by atomic mass is 16.4. The number of hydrogen-bond donors (Lipinski definition) is 4. The van der Waals surface area contributed by atoms with Gasteiger partial charge in [0, 0.05) is 0 Å². The maximum absolute atomic E-state index is 10.1. The van der Waals surface area contributed by atoms with Gasteiger partial charge in [0.15, 0.2) is 0 Å². The van der Waals surface area contributed by atoms with Crippen molar-refractivity contribution in [1.82, 2.24) is 0 Å². The smallest absolute Gasteiger partial charge is 0.305 e. The van der Waals surface area contributed by atoms with E-state index in [0.29, 0.717) is 12.8 Å². The van der Waals surface area contributed by atoms with Crippen molar-refractivity contribution in [3.05, 3.63) is 0 Å². The second-order valence-electron chi connectivity index (χ2n) is 5.14. The number of aliphatic hydroxyl groups is 2. The maximum Gasteiger partial charge on any atom is 0.305 e. The normalized spacial score (nSPS) is 13.0. The molecule has 6 nitrogen and oxygen atoms in total. The minimum Gasteiger partial charge on any atom is -0.481 e. The summed E-state index contributed by atoms with van der Waals surface area (Å²) < 4.78 is 0. The number of aliphatic hydroxyl groups excluding tert-OH is 2. The van der Waals surface area contributed by atoms with E-state index in [2.05, 4.69) is 6.92 Å². The van der Waals surface area contributed by atoms with Crippen LogP contribution in [-0.2, 0) is 9.59 Å². The molecular weight excluding hydrogens is 276 g/mol. The van der Waals surface area contributed by atoms with Gasteiger partial charge < -0.3 is 20.4 Å². The van der Waals surface area contributed by atoms with Crippen LogP contribution < -0.4 is 0 Å². The second-order valence-corrected chi connectivity index (χ2v) is 5.14. The predicted octanol–water partition coefficient (Wildman–Crippen LogP) is 2.41. The standard InChI is InChI=1S/C9H18O3.C6H12O3/c1-2-3-4-5-6-8(10)7-9(11)12;1-2-3-5(7)4-6(8)9/h8,10H,2-7H2,1H3,(H,11,12);5,7H,2-4H2,1H3,(H,8,9). The summed E-state index contributed by atoms with van der Waals surface area (Å²) in [5.41, 5.74) is 0. The lowest BCUT2D eigenvalue weighted by Crippen LogP contribution is -2.12. The molecule has 0 heterocycles. The fraction of sp³-hybridized carbons (Fsp3) is 0.867. The first-order chi connectivity index (χ1) is 9.83. The van der Waals surface area contributed by atoms with Crippen LogP contribution in [0.2, 0.25) is 0 Å². The van der Waals surface area contributed by atoms with Gasteiger partial charge in [0.1, 0.15) is 0 Å². The van der Waals surface area contributed by atoms with Gasteiger partial charge in [-0.25, -0.2) is 0 Å². The molecule has 4 N–H and O–H groups in total. The molecule has 0 saturated heterocycles. The summed E-state index contributed by atoms with van der Waals surface area (Å²) in [5.74, 6) is -1.85. The van der Waals surface area contributed by atoms with Gasteiger partial charge in [-0.05, 0) is 12.8 Å². The van der Waals surface area contributed by atoms with E-state index in [1.807, 2.05) is 6.92 Å². The first-order valence-electron chi connectivity index (χ1n) is 7.63. The summed E-state index contributed by atoms with van der Waals surface area (Å²) in [7, 11) is 0. The largest absolute Gasteiger partial charge is 0.481 e. The molecule has 0 aliphatic carbocycles. The van der Waals surface area contributed by atoms with Gasteiger partial charge in [0.05, 0.1) is 25.0 Å². The molecule has 0 aromatic carbocycles. The van der Waals surface area contributed by atoms with E-state index in [9.17, 15) is 9.59 Å². The third kappa shape index (κ3) is 21.3. The Balaban J connectivity index is 0. The number of carboxylic acids is 2. The molecular formula is C15H30O6. The molecule has 126 valence electrons. The Bertz CT molecular complexity index is 267.